The first kappa shape index (κ1) is 14.6. The van der Waals surface area contributed by atoms with Crippen molar-refractivity contribution in [3.63, 3.8) is 0 Å². The van der Waals surface area contributed by atoms with E-state index in [0.29, 0.717) is 5.56 Å². The first-order valence-corrected chi connectivity index (χ1v) is 7.50. The largest absolute Gasteiger partial charge is 0.477 e. The van der Waals surface area contributed by atoms with E-state index in [2.05, 4.69) is 41.1 Å². The predicted molar refractivity (Wildman–Crippen MR) is 86.6 cm³/mol. The summed E-state index contributed by atoms with van der Waals surface area (Å²) in [5, 5.41) is 9.08. The molecule has 2 heterocycles. The summed E-state index contributed by atoms with van der Waals surface area (Å²) in [7, 11) is 0. The molecule has 2 aromatic rings. The number of pyridine rings is 1. The fourth-order valence-electron chi connectivity index (χ4n) is 3.21. The fraction of sp³-hybridized carbons (Fsp3) is 0.333. The summed E-state index contributed by atoms with van der Waals surface area (Å²) in [5.74, 6) is -0.973. The van der Waals surface area contributed by atoms with Gasteiger partial charge in [0, 0.05) is 18.5 Å². The summed E-state index contributed by atoms with van der Waals surface area (Å²) in [6.07, 6.45) is 2.75. The van der Waals surface area contributed by atoms with Gasteiger partial charge >= 0.3 is 5.97 Å². The minimum absolute atomic E-state index is 0.126. The molecule has 0 aliphatic carbocycles. The maximum Gasteiger partial charge on any atom is 0.354 e. The number of aromatic carboxylic acids is 1. The van der Waals surface area contributed by atoms with Gasteiger partial charge in [0.05, 0.1) is 11.9 Å². The zero-order valence-corrected chi connectivity index (χ0v) is 12.9. The number of aryl methyl sites for hydroxylation is 1. The molecule has 1 fully saturated rings. The zero-order valence-electron chi connectivity index (χ0n) is 12.9. The van der Waals surface area contributed by atoms with Gasteiger partial charge in [0.2, 0.25) is 0 Å². The van der Waals surface area contributed by atoms with Gasteiger partial charge in [-0.3, -0.25) is 0 Å². The maximum atomic E-state index is 11.1. The molecule has 4 nitrogen and oxygen atoms in total. The highest BCUT2D eigenvalue weighted by atomic mass is 16.4. The Labute approximate surface area is 130 Å². The Morgan fingerprint density at radius 3 is 2.68 bits per heavy atom. The third-order valence-corrected chi connectivity index (χ3v) is 4.58. The highest BCUT2D eigenvalue weighted by Crippen LogP contribution is 2.36. The molecule has 1 atom stereocenters. The van der Waals surface area contributed by atoms with Crippen LogP contribution in [0.4, 0.5) is 5.69 Å². The summed E-state index contributed by atoms with van der Waals surface area (Å²) in [4.78, 5) is 17.5. The number of carbonyl (C=O) groups is 1. The van der Waals surface area contributed by atoms with Crippen LogP contribution in [0.3, 0.4) is 0 Å². The molecule has 1 aliphatic heterocycles. The van der Waals surface area contributed by atoms with E-state index in [-0.39, 0.29) is 11.1 Å². The van der Waals surface area contributed by atoms with Crippen molar-refractivity contribution in [2.24, 2.45) is 0 Å². The van der Waals surface area contributed by atoms with Gasteiger partial charge in [0.15, 0.2) is 5.69 Å². The SMILES string of the molecule is Cc1cc(N2CCC(C)(c3ccccc3)C2)cnc1C(=O)O. The van der Waals surface area contributed by atoms with E-state index >= 15 is 0 Å². The highest BCUT2D eigenvalue weighted by molar-refractivity contribution is 5.87. The summed E-state index contributed by atoms with van der Waals surface area (Å²) < 4.78 is 0. The van der Waals surface area contributed by atoms with Gasteiger partial charge in [0.25, 0.3) is 0 Å². The molecule has 22 heavy (non-hydrogen) atoms. The lowest BCUT2D eigenvalue weighted by Gasteiger charge is -2.26. The van der Waals surface area contributed by atoms with Crippen LogP contribution < -0.4 is 4.90 Å². The fourth-order valence-corrected chi connectivity index (χ4v) is 3.21. The van der Waals surface area contributed by atoms with Crippen molar-refractivity contribution in [1.29, 1.82) is 0 Å². The van der Waals surface area contributed by atoms with Crippen molar-refractivity contribution >= 4 is 11.7 Å². The summed E-state index contributed by atoms with van der Waals surface area (Å²) in [6.45, 7) is 5.96. The Kier molecular flexibility index (Phi) is 3.61. The number of carboxylic acids is 1. The molecule has 114 valence electrons. The molecule has 1 N–H and O–H groups in total. The number of aromatic nitrogens is 1. The van der Waals surface area contributed by atoms with Crippen LogP contribution in [0.5, 0.6) is 0 Å². The van der Waals surface area contributed by atoms with Crippen LogP contribution in [0, 0.1) is 6.92 Å². The number of hydrogen-bond donors (Lipinski definition) is 1. The Bertz CT molecular complexity index is 699. The van der Waals surface area contributed by atoms with Crippen LogP contribution in [0.15, 0.2) is 42.6 Å². The van der Waals surface area contributed by atoms with Gasteiger partial charge in [-0.15, -0.1) is 0 Å². The van der Waals surface area contributed by atoms with Gasteiger partial charge in [-0.25, -0.2) is 9.78 Å². The molecule has 0 amide bonds. The Morgan fingerprint density at radius 1 is 1.32 bits per heavy atom. The molecular formula is C18H20N2O2. The third kappa shape index (κ3) is 2.56. The molecule has 0 radical (unpaired) electrons. The quantitative estimate of drug-likeness (QED) is 0.944. The third-order valence-electron chi connectivity index (χ3n) is 4.58. The van der Waals surface area contributed by atoms with Crippen LogP contribution >= 0.6 is 0 Å². The van der Waals surface area contributed by atoms with E-state index in [1.165, 1.54) is 5.56 Å². The summed E-state index contributed by atoms with van der Waals surface area (Å²) in [5.41, 5.74) is 3.32. The number of anilines is 1. The summed E-state index contributed by atoms with van der Waals surface area (Å²) >= 11 is 0. The molecular weight excluding hydrogens is 276 g/mol. The number of rotatable bonds is 3. The van der Waals surface area contributed by atoms with Crippen LogP contribution in [-0.2, 0) is 5.41 Å². The standard InChI is InChI=1S/C18H20N2O2/c1-13-10-15(11-19-16(13)17(21)22)20-9-8-18(2,12-20)14-6-4-3-5-7-14/h3-7,10-11H,8-9,12H2,1-2H3,(H,21,22). The van der Waals surface area contributed by atoms with Crippen LogP contribution in [0.25, 0.3) is 0 Å². The van der Waals surface area contributed by atoms with E-state index in [1.54, 1.807) is 13.1 Å². The number of benzene rings is 1. The number of hydrogen-bond acceptors (Lipinski definition) is 3. The van der Waals surface area contributed by atoms with Crippen molar-refractivity contribution in [3.05, 3.63) is 59.4 Å². The van der Waals surface area contributed by atoms with E-state index in [9.17, 15) is 4.79 Å². The van der Waals surface area contributed by atoms with Crippen molar-refractivity contribution in [3.8, 4) is 0 Å². The van der Waals surface area contributed by atoms with Gasteiger partial charge in [-0.1, -0.05) is 37.3 Å². The molecule has 3 rings (SSSR count). The minimum atomic E-state index is -0.973. The first-order valence-electron chi connectivity index (χ1n) is 7.50. The predicted octanol–water partition coefficient (Wildman–Crippen LogP) is 3.26. The monoisotopic (exact) mass is 296 g/mol. The number of carboxylic acid groups (broad SMARTS) is 1. The maximum absolute atomic E-state index is 11.1. The topological polar surface area (TPSA) is 53.4 Å². The minimum Gasteiger partial charge on any atom is -0.477 e. The Hall–Kier alpha value is -2.36. The van der Waals surface area contributed by atoms with Crippen LogP contribution in [0.1, 0.15) is 35.0 Å². The van der Waals surface area contributed by atoms with Gasteiger partial charge < -0.3 is 10.0 Å². The zero-order chi connectivity index (χ0) is 15.7. The molecule has 1 unspecified atom stereocenters. The molecule has 1 saturated heterocycles. The van der Waals surface area contributed by atoms with E-state index in [4.69, 9.17) is 5.11 Å². The van der Waals surface area contributed by atoms with Crippen LogP contribution in [-0.4, -0.2) is 29.1 Å². The van der Waals surface area contributed by atoms with Gasteiger partial charge in [-0.05, 0) is 30.5 Å². The van der Waals surface area contributed by atoms with Crippen molar-refractivity contribution in [2.75, 3.05) is 18.0 Å². The molecule has 1 aromatic heterocycles. The normalized spacial score (nSPS) is 21.1. The first-order chi connectivity index (χ1) is 10.5. The van der Waals surface area contributed by atoms with Crippen molar-refractivity contribution in [1.82, 2.24) is 4.98 Å². The lowest BCUT2D eigenvalue weighted by atomic mass is 9.82. The second kappa shape index (κ2) is 5.44. The molecule has 0 bridgehead atoms. The lowest BCUT2D eigenvalue weighted by molar-refractivity contribution is 0.0689. The van der Waals surface area contributed by atoms with Crippen molar-refractivity contribution < 1.29 is 9.90 Å². The molecule has 0 saturated carbocycles. The molecule has 0 spiro atoms. The van der Waals surface area contributed by atoms with E-state index in [0.717, 1.165) is 25.2 Å². The Balaban J connectivity index is 1.84. The highest BCUT2D eigenvalue weighted by Gasteiger charge is 2.35. The van der Waals surface area contributed by atoms with Crippen molar-refractivity contribution in [2.45, 2.75) is 25.7 Å². The molecule has 4 heteroatoms. The average molecular weight is 296 g/mol. The van der Waals surface area contributed by atoms with Gasteiger partial charge in [-0.2, -0.15) is 0 Å². The second-order valence-corrected chi connectivity index (χ2v) is 6.26. The van der Waals surface area contributed by atoms with E-state index in [1.807, 2.05) is 12.1 Å². The van der Waals surface area contributed by atoms with Crippen LogP contribution in [0.2, 0.25) is 0 Å². The summed E-state index contributed by atoms with van der Waals surface area (Å²) in [6, 6.07) is 12.5. The van der Waals surface area contributed by atoms with Gasteiger partial charge in [0.1, 0.15) is 0 Å². The van der Waals surface area contributed by atoms with E-state index < -0.39 is 5.97 Å². The number of nitrogens with zero attached hydrogens (tertiary/aromatic N) is 2. The second-order valence-electron chi connectivity index (χ2n) is 6.26. The Morgan fingerprint density at radius 2 is 2.05 bits per heavy atom. The lowest BCUT2D eigenvalue weighted by Crippen LogP contribution is -2.28. The average Bonchev–Trinajstić information content (AvgIpc) is 2.91. The smallest absolute Gasteiger partial charge is 0.354 e. The molecule has 1 aromatic carbocycles. The molecule has 1 aliphatic rings.